The maximum Gasteiger partial charge on any atom is 0.244 e. The first-order valence-corrected chi connectivity index (χ1v) is 13.3. The minimum absolute atomic E-state index is 0.0831. The van der Waals surface area contributed by atoms with Crippen LogP contribution >= 0.6 is 23.2 Å². The molecule has 0 heterocycles. The summed E-state index contributed by atoms with van der Waals surface area (Å²) in [4.78, 5) is 27.4. The topological polar surface area (TPSA) is 86.8 Å². The molecule has 0 unspecified atom stereocenters. The van der Waals surface area contributed by atoms with Crippen molar-refractivity contribution >= 4 is 50.7 Å². The van der Waals surface area contributed by atoms with Crippen molar-refractivity contribution < 1.29 is 26.8 Å². The molecule has 2 atom stereocenters. The number of hydrogen-bond donors (Lipinski definition) is 1. The molecule has 2 amide bonds. The van der Waals surface area contributed by atoms with Crippen molar-refractivity contribution in [2.45, 2.75) is 45.8 Å². The number of carbonyl (C=O) groups is 2. The Bertz CT molecular complexity index is 1200. The highest BCUT2D eigenvalue weighted by molar-refractivity contribution is 7.92. The molecule has 2 aromatic carbocycles. The van der Waals surface area contributed by atoms with Gasteiger partial charge in [-0.05, 0) is 50.1 Å². The van der Waals surface area contributed by atoms with E-state index in [0.29, 0.717) is 27.4 Å². The Hall–Kier alpha value is -2.43. The van der Waals surface area contributed by atoms with Gasteiger partial charge < -0.3 is 10.2 Å². The normalized spacial score (nSPS) is 13.1. The zero-order valence-corrected chi connectivity index (χ0v) is 22.0. The van der Waals surface area contributed by atoms with Crippen molar-refractivity contribution in [1.29, 1.82) is 0 Å². The number of nitrogens with one attached hydrogen (secondary N) is 1. The van der Waals surface area contributed by atoms with Crippen LogP contribution in [0, 0.1) is 11.6 Å². The van der Waals surface area contributed by atoms with Crippen LogP contribution in [0.5, 0.6) is 0 Å². The van der Waals surface area contributed by atoms with E-state index in [4.69, 9.17) is 23.2 Å². The number of amides is 2. The minimum Gasteiger partial charge on any atom is -0.352 e. The van der Waals surface area contributed by atoms with Gasteiger partial charge in [0.05, 0.1) is 22.0 Å². The molecule has 0 aliphatic carbocycles. The summed E-state index contributed by atoms with van der Waals surface area (Å²) in [5, 5.41) is 3.34. The highest BCUT2D eigenvalue weighted by Crippen LogP contribution is 2.25. The lowest BCUT2D eigenvalue weighted by Crippen LogP contribution is -2.52. The molecule has 0 saturated heterocycles. The standard InChI is InChI=1S/C23H27Cl2F2N3O4S/c1-5-14(2)28-23(32)15(3)29(12-16-6-8-18(24)19(25)10-16)22(31)13-30(35(4,33)34)17-7-9-20(26)21(27)11-17/h6-11,14-15H,5,12-13H2,1-4H3,(H,28,32)/t14-,15+/m1/s1. The average molecular weight is 550 g/mol. The third-order valence-electron chi connectivity index (χ3n) is 5.38. The molecule has 0 radical (unpaired) electrons. The molecular formula is C23H27Cl2F2N3O4S. The summed E-state index contributed by atoms with van der Waals surface area (Å²) in [7, 11) is -4.07. The molecule has 12 heteroatoms. The fraction of sp³-hybridized carbons (Fsp3) is 0.391. The van der Waals surface area contributed by atoms with Crippen molar-refractivity contribution in [3.8, 4) is 0 Å². The van der Waals surface area contributed by atoms with E-state index >= 15 is 0 Å². The maximum atomic E-state index is 13.8. The van der Waals surface area contributed by atoms with E-state index in [-0.39, 0.29) is 23.3 Å². The molecular weight excluding hydrogens is 523 g/mol. The van der Waals surface area contributed by atoms with Crippen LogP contribution in [0.3, 0.4) is 0 Å². The van der Waals surface area contributed by atoms with Gasteiger partial charge in [0.2, 0.25) is 21.8 Å². The SMILES string of the molecule is CC[C@@H](C)NC(=O)[C@H](C)N(Cc1ccc(Cl)c(Cl)c1)C(=O)CN(c1ccc(F)c(F)c1)S(C)(=O)=O. The van der Waals surface area contributed by atoms with E-state index in [0.717, 1.165) is 18.4 Å². The predicted octanol–water partition coefficient (Wildman–Crippen LogP) is 4.37. The van der Waals surface area contributed by atoms with Crippen LogP contribution < -0.4 is 9.62 Å². The van der Waals surface area contributed by atoms with Gasteiger partial charge in [0, 0.05) is 18.7 Å². The third-order valence-corrected chi connectivity index (χ3v) is 7.26. The molecule has 2 aromatic rings. The van der Waals surface area contributed by atoms with Crippen molar-refractivity contribution in [2.24, 2.45) is 0 Å². The highest BCUT2D eigenvalue weighted by atomic mass is 35.5. The monoisotopic (exact) mass is 549 g/mol. The lowest BCUT2D eigenvalue weighted by Gasteiger charge is -2.32. The molecule has 0 bridgehead atoms. The average Bonchev–Trinajstić information content (AvgIpc) is 2.78. The molecule has 192 valence electrons. The molecule has 0 saturated carbocycles. The summed E-state index contributed by atoms with van der Waals surface area (Å²) in [5.74, 6) is -3.60. The Kier molecular flexibility index (Phi) is 9.88. The van der Waals surface area contributed by atoms with Crippen LogP contribution in [0.4, 0.5) is 14.5 Å². The number of rotatable bonds is 10. The number of hydrogen-bond acceptors (Lipinski definition) is 4. The van der Waals surface area contributed by atoms with Gasteiger partial charge in [0.15, 0.2) is 11.6 Å². The van der Waals surface area contributed by atoms with E-state index in [1.54, 1.807) is 6.07 Å². The van der Waals surface area contributed by atoms with E-state index in [2.05, 4.69) is 5.32 Å². The minimum atomic E-state index is -4.07. The Morgan fingerprint density at radius 1 is 1.03 bits per heavy atom. The predicted molar refractivity (Wildman–Crippen MR) is 133 cm³/mol. The zero-order valence-electron chi connectivity index (χ0n) is 19.7. The van der Waals surface area contributed by atoms with Crippen molar-refractivity contribution in [3.05, 3.63) is 63.6 Å². The van der Waals surface area contributed by atoms with E-state index in [9.17, 15) is 26.8 Å². The van der Waals surface area contributed by atoms with Gasteiger partial charge in [-0.2, -0.15) is 0 Å². The first-order valence-electron chi connectivity index (χ1n) is 10.7. The number of carbonyl (C=O) groups excluding carboxylic acids is 2. The second kappa shape index (κ2) is 12.0. The summed E-state index contributed by atoms with van der Waals surface area (Å²) in [6, 6.07) is 6.06. The molecule has 1 N–H and O–H groups in total. The number of halogens is 4. The third kappa shape index (κ3) is 7.78. The largest absolute Gasteiger partial charge is 0.352 e. The number of anilines is 1. The lowest BCUT2D eigenvalue weighted by molar-refractivity contribution is -0.139. The van der Waals surface area contributed by atoms with E-state index < -0.39 is 46.1 Å². The highest BCUT2D eigenvalue weighted by Gasteiger charge is 2.30. The molecule has 0 spiro atoms. The van der Waals surface area contributed by atoms with Crippen molar-refractivity contribution in [3.63, 3.8) is 0 Å². The number of nitrogens with zero attached hydrogens (tertiary/aromatic N) is 2. The number of sulfonamides is 1. The van der Waals surface area contributed by atoms with Gasteiger partial charge in [0.25, 0.3) is 0 Å². The van der Waals surface area contributed by atoms with Gasteiger partial charge in [-0.25, -0.2) is 17.2 Å². The zero-order chi connectivity index (χ0) is 26.5. The van der Waals surface area contributed by atoms with Gasteiger partial charge >= 0.3 is 0 Å². The van der Waals surface area contributed by atoms with Crippen LogP contribution in [-0.4, -0.2) is 50.0 Å². The fourth-order valence-corrected chi connectivity index (χ4v) is 4.30. The Morgan fingerprint density at radius 3 is 2.23 bits per heavy atom. The van der Waals surface area contributed by atoms with Gasteiger partial charge in [-0.1, -0.05) is 36.2 Å². The van der Waals surface area contributed by atoms with Gasteiger partial charge in [0.1, 0.15) is 12.6 Å². The van der Waals surface area contributed by atoms with Crippen LogP contribution in [0.15, 0.2) is 36.4 Å². The van der Waals surface area contributed by atoms with Gasteiger partial charge in [-0.3, -0.25) is 13.9 Å². The van der Waals surface area contributed by atoms with E-state index in [1.807, 2.05) is 13.8 Å². The molecule has 35 heavy (non-hydrogen) atoms. The molecule has 0 aliphatic heterocycles. The van der Waals surface area contributed by atoms with E-state index in [1.165, 1.54) is 24.0 Å². The quantitative estimate of drug-likeness (QED) is 0.476. The van der Waals surface area contributed by atoms with Gasteiger partial charge in [-0.15, -0.1) is 0 Å². The lowest BCUT2D eigenvalue weighted by atomic mass is 10.1. The van der Waals surface area contributed by atoms with Crippen LogP contribution in [0.25, 0.3) is 0 Å². The molecule has 2 rings (SSSR count). The van der Waals surface area contributed by atoms with Crippen molar-refractivity contribution in [1.82, 2.24) is 10.2 Å². The van der Waals surface area contributed by atoms with Crippen LogP contribution in [-0.2, 0) is 26.2 Å². The molecule has 7 nitrogen and oxygen atoms in total. The molecule has 0 aliphatic rings. The molecule has 0 fully saturated rings. The van der Waals surface area contributed by atoms with Crippen LogP contribution in [0.1, 0.15) is 32.8 Å². The Morgan fingerprint density at radius 2 is 1.69 bits per heavy atom. The Balaban J connectivity index is 2.43. The molecule has 0 aromatic heterocycles. The maximum absolute atomic E-state index is 13.8. The number of benzene rings is 2. The fourth-order valence-electron chi connectivity index (χ4n) is 3.14. The second-order valence-electron chi connectivity index (χ2n) is 8.13. The summed E-state index contributed by atoms with van der Waals surface area (Å²) in [6.45, 7) is 4.38. The summed E-state index contributed by atoms with van der Waals surface area (Å²) < 4.78 is 52.7. The van der Waals surface area contributed by atoms with Crippen molar-refractivity contribution in [2.75, 3.05) is 17.1 Å². The first-order chi connectivity index (χ1) is 16.2. The Labute approximate surface area is 214 Å². The summed E-state index contributed by atoms with van der Waals surface area (Å²) in [6.07, 6.45) is 1.50. The summed E-state index contributed by atoms with van der Waals surface area (Å²) >= 11 is 12.1. The van der Waals surface area contributed by atoms with Crippen LogP contribution in [0.2, 0.25) is 10.0 Å². The summed E-state index contributed by atoms with van der Waals surface area (Å²) in [5.41, 5.74) is 0.320. The second-order valence-corrected chi connectivity index (χ2v) is 10.9. The first kappa shape index (κ1) is 28.8. The smallest absolute Gasteiger partial charge is 0.244 e.